The summed E-state index contributed by atoms with van der Waals surface area (Å²) >= 11 is 5.77. The van der Waals surface area contributed by atoms with E-state index in [1.54, 1.807) is 0 Å². The van der Waals surface area contributed by atoms with E-state index in [1.807, 2.05) is 0 Å². The first-order valence-corrected chi connectivity index (χ1v) is 6.66. The lowest BCUT2D eigenvalue weighted by Gasteiger charge is -2.20. The van der Waals surface area contributed by atoms with Crippen LogP contribution in [0.2, 0.25) is 0 Å². The third kappa shape index (κ3) is 8.83. The Labute approximate surface area is 94.8 Å². The van der Waals surface area contributed by atoms with E-state index in [2.05, 4.69) is 18.7 Å². The maximum Gasteiger partial charge on any atom is 0.0351 e. The number of hydrogen-bond donors (Lipinski definition) is 0. The SMILES string of the molecule is CCCCCCN(CCCl)CCCC. The fourth-order valence-electron chi connectivity index (χ4n) is 1.60. The third-order valence-corrected chi connectivity index (χ3v) is 2.73. The molecule has 0 aromatic rings. The number of alkyl halides is 1. The molecule has 0 spiro atoms. The fraction of sp³-hybridized carbons (Fsp3) is 1.00. The second-order valence-electron chi connectivity index (χ2n) is 3.94. The first-order chi connectivity index (χ1) is 6.85. The number of rotatable bonds is 10. The summed E-state index contributed by atoms with van der Waals surface area (Å²) in [6.45, 7) is 8.04. The van der Waals surface area contributed by atoms with Gasteiger partial charge in [-0.15, -0.1) is 11.6 Å². The van der Waals surface area contributed by atoms with Crippen LogP contribution >= 0.6 is 11.6 Å². The summed E-state index contributed by atoms with van der Waals surface area (Å²) in [5, 5.41) is 0. The second kappa shape index (κ2) is 11.3. The van der Waals surface area contributed by atoms with Gasteiger partial charge in [0.05, 0.1) is 0 Å². The van der Waals surface area contributed by atoms with E-state index in [0.29, 0.717) is 0 Å². The molecule has 0 saturated carbocycles. The topological polar surface area (TPSA) is 3.24 Å². The zero-order valence-electron chi connectivity index (χ0n) is 9.90. The lowest BCUT2D eigenvalue weighted by Crippen LogP contribution is -2.28. The molecular weight excluding hydrogens is 194 g/mol. The van der Waals surface area contributed by atoms with E-state index in [0.717, 1.165) is 12.4 Å². The largest absolute Gasteiger partial charge is 0.302 e. The van der Waals surface area contributed by atoms with E-state index in [4.69, 9.17) is 11.6 Å². The van der Waals surface area contributed by atoms with Gasteiger partial charge in [-0.05, 0) is 25.9 Å². The van der Waals surface area contributed by atoms with Crippen LogP contribution in [0.4, 0.5) is 0 Å². The zero-order valence-corrected chi connectivity index (χ0v) is 10.7. The number of halogens is 1. The van der Waals surface area contributed by atoms with Crippen LogP contribution in [0.1, 0.15) is 52.4 Å². The van der Waals surface area contributed by atoms with E-state index in [-0.39, 0.29) is 0 Å². The van der Waals surface area contributed by atoms with Crippen LogP contribution in [-0.4, -0.2) is 30.4 Å². The van der Waals surface area contributed by atoms with Crippen molar-refractivity contribution in [1.82, 2.24) is 4.90 Å². The molecular formula is C12H26ClN. The highest BCUT2D eigenvalue weighted by molar-refractivity contribution is 6.18. The van der Waals surface area contributed by atoms with Gasteiger partial charge < -0.3 is 4.90 Å². The van der Waals surface area contributed by atoms with Crippen molar-refractivity contribution in [2.24, 2.45) is 0 Å². The summed E-state index contributed by atoms with van der Waals surface area (Å²) in [4.78, 5) is 2.51. The maximum absolute atomic E-state index is 5.77. The summed E-state index contributed by atoms with van der Waals surface area (Å²) in [5.74, 6) is 0.775. The monoisotopic (exact) mass is 219 g/mol. The van der Waals surface area contributed by atoms with Crippen LogP contribution in [0, 0.1) is 0 Å². The van der Waals surface area contributed by atoms with Crippen molar-refractivity contribution in [1.29, 1.82) is 0 Å². The Morgan fingerprint density at radius 1 is 0.786 bits per heavy atom. The van der Waals surface area contributed by atoms with Gasteiger partial charge in [-0.2, -0.15) is 0 Å². The van der Waals surface area contributed by atoms with Crippen molar-refractivity contribution in [2.75, 3.05) is 25.5 Å². The lowest BCUT2D eigenvalue weighted by atomic mass is 10.2. The Bertz CT molecular complexity index is 106. The smallest absolute Gasteiger partial charge is 0.0351 e. The van der Waals surface area contributed by atoms with Crippen molar-refractivity contribution in [3.8, 4) is 0 Å². The van der Waals surface area contributed by atoms with Gasteiger partial charge in [-0.25, -0.2) is 0 Å². The van der Waals surface area contributed by atoms with Crippen molar-refractivity contribution >= 4 is 11.6 Å². The first-order valence-electron chi connectivity index (χ1n) is 6.13. The maximum atomic E-state index is 5.77. The van der Waals surface area contributed by atoms with Crippen LogP contribution in [0.25, 0.3) is 0 Å². The molecule has 14 heavy (non-hydrogen) atoms. The molecule has 0 aromatic carbocycles. The van der Waals surface area contributed by atoms with Crippen molar-refractivity contribution in [3.05, 3.63) is 0 Å². The molecule has 86 valence electrons. The van der Waals surface area contributed by atoms with Gasteiger partial charge in [0.2, 0.25) is 0 Å². The molecule has 0 heterocycles. The molecule has 0 bridgehead atoms. The van der Waals surface area contributed by atoms with Crippen molar-refractivity contribution in [3.63, 3.8) is 0 Å². The van der Waals surface area contributed by atoms with Gasteiger partial charge in [-0.1, -0.05) is 39.5 Å². The van der Waals surface area contributed by atoms with Crippen molar-refractivity contribution < 1.29 is 0 Å². The predicted molar refractivity (Wildman–Crippen MR) is 66.2 cm³/mol. The molecule has 0 N–H and O–H groups in total. The minimum absolute atomic E-state index is 0.775. The summed E-state index contributed by atoms with van der Waals surface area (Å²) in [6.07, 6.45) is 8.02. The number of hydrogen-bond acceptors (Lipinski definition) is 1. The minimum Gasteiger partial charge on any atom is -0.302 e. The average Bonchev–Trinajstić information content (AvgIpc) is 2.20. The van der Waals surface area contributed by atoms with E-state index < -0.39 is 0 Å². The predicted octanol–water partition coefficient (Wildman–Crippen LogP) is 3.91. The average molecular weight is 220 g/mol. The summed E-state index contributed by atoms with van der Waals surface area (Å²) in [5.41, 5.74) is 0. The fourth-order valence-corrected chi connectivity index (χ4v) is 1.84. The quantitative estimate of drug-likeness (QED) is 0.398. The molecule has 0 radical (unpaired) electrons. The van der Waals surface area contributed by atoms with Gasteiger partial charge in [0.15, 0.2) is 0 Å². The van der Waals surface area contributed by atoms with Gasteiger partial charge in [0, 0.05) is 12.4 Å². The van der Waals surface area contributed by atoms with Gasteiger partial charge >= 0.3 is 0 Å². The molecule has 0 unspecified atom stereocenters. The highest BCUT2D eigenvalue weighted by Gasteiger charge is 2.02. The van der Waals surface area contributed by atoms with Crippen LogP contribution in [0.3, 0.4) is 0 Å². The first kappa shape index (κ1) is 14.2. The van der Waals surface area contributed by atoms with Crippen LogP contribution in [-0.2, 0) is 0 Å². The van der Waals surface area contributed by atoms with Crippen LogP contribution < -0.4 is 0 Å². The highest BCUT2D eigenvalue weighted by Crippen LogP contribution is 2.03. The molecule has 0 aromatic heterocycles. The van der Waals surface area contributed by atoms with Crippen LogP contribution in [0.15, 0.2) is 0 Å². The standard InChI is InChI=1S/C12H26ClN/c1-3-5-7-8-11-14(12-9-13)10-6-4-2/h3-12H2,1-2H3. The number of nitrogens with zero attached hydrogens (tertiary/aromatic N) is 1. The second-order valence-corrected chi connectivity index (χ2v) is 4.32. The Hall–Kier alpha value is 0.250. The molecule has 0 aliphatic heterocycles. The van der Waals surface area contributed by atoms with Crippen LogP contribution in [0.5, 0.6) is 0 Å². The van der Waals surface area contributed by atoms with E-state index in [9.17, 15) is 0 Å². The Morgan fingerprint density at radius 2 is 1.43 bits per heavy atom. The Balaban J connectivity index is 3.40. The minimum atomic E-state index is 0.775. The van der Waals surface area contributed by atoms with Crippen molar-refractivity contribution in [2.45, 2.75) is 52.4 Å². The summed E-state index contributed by atoms with van der Waals surface area (Å²) < 4.78 is 0. The molecule has 0 saturated heterocycles. The molecule has 0 atom stereocenters. The molecule has 2 heteroatoms. The molecule has 1 nitrogen and oxygen atoms in total. The van der Waals surface area contributed by atoms with Gasteiger partial charge in [-0.3, -0.25) is 0 Å². The number of unbranched alkanes of at least 4 members (excludes halogenated alkanes) is 4. The highest BCUT2D eigenvalue weighted by atomic mass is 35.5. The Morgan fingerprint density at radius 3 is 2.00 bits per heavy atom. The zero-order chi connectivity index (χ0) is 10.6. The molecule has 0 amide bonds. The summed E-state index contributed by atoms with van der Waals surface area (Å²) in [7, 11) is 0. The molecule has 0 fully saturated rings. The Kier molecular flexibility index (Phi) is 11.5. The van der Waals surface area contributed by atoms with E-state index in [1.165, 1.54) is 51.6 Å². The van der Waals surface area contributed by atoms with Gasteiger partial charge in [0.1, 0.15) is 0 Å². The summed E-state index contributed by atoms with van der Waals surface area (Å²) in [6, 6.07) is 0. The molecule has 0 rings (SSSR count). The third-order valence-electron chi connectivity index (χ3n) is 2.56. The van der Waals surface area contributed by atoms with Gasteiger partial charge in [0.25, 0.3) is 0 Å². The van der Waals surface area contributed by atoms with E-state index >= 15 is 0 Å². The lowest BCUT2D eigenvalue weighted by molar-refractivity contribution is 0.278. The molecule has 0 aliphatic carbocycles. The normalized spacial score (nSPS) is 11.1. The molecule has 0 aliphatic rings.